The lowest BCUT2D eigenvalue weighted by Crippen LogP contribution is -2.18. The molecule has 0 fully saturated rings. The van der Waals surface area contributed by atoms with Crippen LogP contribution in [0.5, 0.6) is 0 Å². The van der Waals surface area contributed by atoms with E-state index in [1.165, 1.54) is 0 Å². The highest BCUT2D eigenvalue weighted by Gasteiger charge is 2.11. The number of ether oxygens (including phenoxy) is 1. The topological polar surface area (TPSA) is 39.1 Å². The Bertz CT molecular complexity index is 589. The molecule has 0 saturated carbocycles. The molecule has 0 bridgehead atoms. The molecular formula is C13H14BrCl2N3O. The van der Waals surface area contributed by atoms with E-state index in [1.807, 2.05) is 24.4 Å². The summed E-state index contributed by atoms with van der Waals surface area (Å²) in [5.74, 6) is 0. The van der Waals surface area contributed by atoms with Crippen molar-refractivity contribution < 1.29 is 4.74 Å². The Morgan fingerprint density at radius 2 is 2.10 bits per heavy atom. The average Bonchev–Trinajstić information content (AvgIpc) is 2.90. The van der Waals surface area contributed by atoms with Crippen LogP contribution in [0.4, 0.5) is 0 Å². The predicted octanol–water partition coefficient (Wildman–Crippen LogP) is 3.68. The summed E-state index contributed by atoms with van der Waals surface area (Å²) < 4.78 is 7.45. The maximum Gasteiger partial charge on any atom is 0.0860 e. The summed E-state index contributed by atoms with van der Waals surface area (Å²) in [5.41, 5.74) is 1.68. The SMILES string of the molecule is COCCNCc1ccn(-c2ccc(Br)c(Cl)c2Cl)n1. The molecule has 2 aromatic rings. The van der Waals surface area contributed by atoms with Gasteiger partial charge in [0.15, 0.2) is 0 Å². The van der Waals surface area contributed by atoms with Gasteiger partial charge in [-0.3, -0.25) is 0 Å². The molecule has 1 N–H and O–H groups in total. The highest BCUT2D eigenvalue weighted by Crippen LogP contribution is 2.34. The third-order valence-corrected chi connectivity index (χ3v) is 4.46. The molecule has 1 heterocycles. The number of aromatic nitrogens is 2. The molecule has 7 heteroatoms. The number of halogens is 3. The van der Waals surface area contributed by atoms with Crippen molar-refractivity contribution in [1.29, 1.82) is 0 Å². The van der Waals surface area contributed by atoms with E-state index < -0.39 is 0 Å². The minimum atomic E-state index is 0.475. The summed E-state index contributed by atoms with van der Waals surface area (Å²) in [6.07, 6.45) is 1.86. The standard InChI is InChI=1S/C13H14BrCl2N3O/c1-20-7-5-17-8-9-4-6-19(18-9)11-3-2-10(14)12(15)13(11)16/h2-4,6,17H,5,7-8H2,1H3. The molecule has 0 amide bonds. The number of nitrogens with one attached hydrogen (secondary N) is 1. The van der Waals surface area contributed by atoms with Crippen molar-refractivity contribution in [2.45, 2.75) is 6.54 Å². The van der Waals surface area contributed by atoms with Crippen LogP contribution in [0, 0.1) is 0 Å². The summed E-state index contributed by atoms with van der Waals surface area (Å²) in [4.78, 5) is 0. The molecule has 0 aliphatic rings. The smallest absolute Gasteiger partial charge is 0.0860 e. The highest BCUT2D eigenvalue weighted by molar-refractivity contribution is 9.10. The molecule has 0 aliphatic carbocycles. The van der Waals surface area contributed by atoms with Gasteiger partial charge >= 0.3 is 0 Å². The fourth-order valence-electron chi connectivity index (χ4n) is 1.67. The average molecular weight is 379 g/mol. The molecule has 0 saturated heterocycles. The van der Waals surface area contributed by atoms with Gasteiger partial charge in [-0.05, 0) is 34.1 Å². The van der Waals surface area contributed by atoms with E-state index in [1.54, 1.807) is 11.8 Å². The molecule has 1 aromatic carbocycles. The van der Waals surface area contributed by atoms with Gasteiger partial charge < -0.3 is 10.1 Å². The lowest BCUT2D eigenvalue weighted by atomic mass is 10.3. The number of hydrogen-bond donors (Lipinski definition) is 1. The maximum absolute atomic E-state index is 6.23. The van der Waals surface area contributed by atoms with Gasteiger partial charge in [0.05, 0.1) is 28.0 Å². The van der Waals surface area contributed by atoms with Crippen molar-refractivity contribution in [2.75, 3.05) is 20.3 Å². The Morgan fingerprint density at radius 1 is 1.30 bits per heavy atom. The first-order valence-electron chi connectivity index (χ1n) is 6.01. The van der Waals surface area contributed by atoms with Gasteiger partial charge in [-0.1, -0.05) is 23.2 Å². The third-order valence-electron chi connectivity index (χ3n) is 2.70. The Balaban J connectivity index is 2.11. The Morgan fingerprint density at radius 3 is 2.85 bits per heavy atom. The largest absolute Gasteiger partial charge is 0.383 e. The van der Waals surface area contributed by atoms with E-state index in [2.05, 4.69) is 26.3 Å². The molecule has 2 rings (SSSR count). The molecular weight excluding hydrogens is 365 g/mol. The molecule has 4 nitrogen and oxygen atoms in total. The van der Waals surface area contributed by atoms with Crippen molar-refractivity contribution in [3.05, 3.63) is 44.6 Å². The highest BCUT2D eigenvalue weighted by atomic mass is 79.9. The van der Waals surface area contributed by atoms with Crippen molar-refractivity contribution in [1.82, 2.24) is 15.1 Å². The number of hydrogen-bond acceptors (Lipinski definition) is 3. The van der Waals surface area contributed by atoms with Crippen molar-refractivity contribution in [3.8, 4) is 5.69 Å². The van der Waals surface area contributed by atoms with Crippen molar-refractivity contribution in [2.24, 2.45) is 0 Å². The van der Waals surface area contributed by atoms with Crippen molar-refractivity contribution in [3.63, 3.8) is 0 Å². The second-order valence-electron chi connectivity index (χ2n) is 4.12. The zero-order valence-electron chi connectivity index (χ0n) is 10.9. The quantitative estimate of drug-likeness (QED) is 0.615. The molecule has 0 spiro atoms. The Kier molecular flexibility index (Phi) is 5.86. The monoisotopic (exact) mass is 377 g/mol. The van der Waals surface area contributed by atoms with Crippen LogP contribution < -0.4 is 5.32 Å². The summed E-state index contributed by atoms with van der Waals surface area (Å²) in [5, 5.41) is 8.66. The number of nitrogens with zero attached hydrogens (tertiary/aromatic N) is 2. The van der Waals surface area contributed by atoms with Crippen LogP contribution in [-0.4, -0.2) is 30.0 Å². The second kappa shape index (κ2) is 7.43. The number of benzene rings is 1. The van der Waals surface area contributed by atoms with Gasteiger partial charge in [0, 0.05) is 30.9 Å². The summed E-state index contributed by atoms with van der Waals surface area (Å²) in [7, 11) is 1.68. The minimum Gasteiger partial charge on any atom is -0.383 e. The maximum atomic E-state index is 6.23. The zero-order valence-corrected chi connectivity index (χ0v) is 14.0. The van der Waals surface area contributed by atoms with Gasteiger partial charge in [-0.25, -0.2) is 4.68 Å². The first-order chi connectivity index (χ1) is 9.63. The fraction of sp³-hybridized carbons (Fsp3) is 0.308. The van der Waals surface area contributed by atoms with Gasteiger partial charge in [-0.2, -0.15) is 5.10 Å². The first-order valence-corrected chi connectivity index (χ1v) is 7.56. The molecule has 0 unspecified atom stereocenters. The van der Waals surface area contributed by atoms with Gasteiger partial charge in [0.1, 0.15) is 0 Å². The summed E-state index contributed by atoms with van der Waals surface area (Å²) in [6, 6.07) is 5.65. The van der Waals surface area contributed by atoms with Gasteiger partial charge in [0.25, 0.3) is 0 Å². The van der Waals surface area contributed by atoms with Crippen LogP contribution >= 0.6 is 39.1 Å². The lowest BCUT2D eigenvalue weighted by molar-refractivity contribution is 0.199. The number of rotatable bonds is 6. The van der Waals surface area contributed by atoms with E-state index >= 15 is 0 Å². The third kappa shape index (κ3) is 3.74. The van der Waals surface area contributed by atoms with E-state index in [9.17, 15) is 0 Å². The molecule has 1 aromatic heterocycles. The first kappa shape index (κ1) is 15.8. The molecule has 20 heavy (non-hydrogen) atoms. The molecule has 0 atom stereocenters. The van der Waals surface area contributed by atoms with Crippen LogP contribution in [0.2, 0.25) is 10.0 Å². The van der Waals surface area contributed by atoms with E-state index in [0.717, 1.165) is 22.4 Å². The van der Waals surface area contributed by atoms with Crippen LogP contribution in [0.25, 0.3) is 5.69 Å². The Hall–Kier alpha value is -0.590. The summed E-state index contributed by atoms with van der Waals surface area (Å²) in [6.45, 7) is 2.14. The van der Waals surface area contributed by atoms with Gasteiger partial charge in [0.2, 0.25) is 0 Å². The predicted molar refractivity (Wildman–Crippen MR) is 84.9 cm³/mol. The van der Waals surface area contributed by atoms with E-state index in [-0.39, 0.29) is 0 Å². The van der Waals surface area contributed by atoms with E-state index in [0.29, 0.717) is 23.2 Å². The van der Waals surface area contributed by atoms with Crippen LogP contribution in [-0.2, 0) is 11.3 Å². The van der Waals surface area contributed by atoms with E-state index in [4.69, 9.17) is 27.9 Å². The molecule has 0 radical (unpaired) electrons. The minimum absolute atomic E-state index is 0.475. The zero-order chi connectivity index (χ0) is 14.5. The number of methoxy groups -OCH3 is 1. The normalized spacial score (nSPS) is 11.0. The van der Waals surface area contributed by atoms with Crippen LogP contribution in [0.3, 0.4) is 0 Å². The summed E-state index contributed by atoms with van der Waals surface area (Å²) >= 11 is 15.7. The molecule has 108 valence electrons. The van der Waals surface area contributed by atoms with Crippen molar-refractivity contribution >= 4 is 39.1 Å². The van der Waals surface area contributed by atoms with Gasteiger partial charge in [-0.15, -0.1) is 0 Å². The Labute approximate surface area is 136 Å². The fourth-order valence-corrected chi connectivity index (χ4v) is 2.53. The van der Waals surface area contributed by atoms with Crippen LogP contribution in [0.15, 0.2) is 28.9 Å². The lowest BCUT2D eigenvalue weighted by Gasteiger charge is -2.07. The second-order valence-corrected chi connectivity index (χ2v) is 5.73. The molecule has 0 aliphatic heterocycles. The van der Waals surface area contributed by atoms with Crippen LogP contribution in [0.1, 0.15) is 5.69 Å².